The van der Waals surface area contributed by atoms with Crippen molar-refractivity contribution in [2.24, 2.45) is 16.8 Å². The highest BCUT2D eigenvalue weighted by Gasteiger charge is 2.28. The van der Waals surface area contributed by atoms with Crippen molar-refractivity contribution in [2.45, 2.75) is 19.9 Å². The molecule has 0 spiro atoms. The number of thiazole rings is 1. The first kappa shape index (κ1) is 22.5. The van der Waals surface area contributed by atoms with Crippen LogP contribution in [0.5, 0.6) is 0 Å². The molecule has 174 valence electrons. The monoisotopic (exact) mass is 529 g/mol. The first-order valence-corrected chi connectivity index (χ1v) is 12.7. The minimum atomic E-state index is 0.306. The predicted molar refractivity (Wildman–Crippen MR) is 134 cm³/mol. The third kappa shape index (κ3) is 4.69. The third-order valence-electron chi connectivity index (χ3n) is 6.11. The van der Waals surface area contributed by atoms with Crippen LogP contribution in [0, 0.1) is 18.8 Å². The number of nitrogens with two attached hydrogens (primary N) is 1. The molecule has 2 aromatic rings. The van der Waals surface area contributed by atoms with Crippen molar-refractivity contribution in [3.05, 3.63) is 49.5 Å². The fourth-order valence-electron chi connectivity index (χ4n) is 4.52. The van der Waals surface area contributed by atoms with Gasteiger partial charge in [0.1, 0.15) is 28.7 Å². The summed E-state index contributed by atoms with van der Waals surface area (Å²) < 4.78 is 8.03. The van der Waals surface area contributed by atoms with E-state index in [1.807, 2.05) is 21.0 Å². The van der Waals surface area contributed by atoms with Gasteiger partial charge in [-0.1, -0.05) is 17.4 Å². The van der Waals surface area contributed by atoms with Gasteiger partial charge in [0.25, 0.3) is 0 Å². The first-order chi connectivity index (χ1) is 15.9. The van der Waals surface area contributed by atoms with Crippen LogP contribution in [0.25, 0.3) is 6.08 Å². The van der Waals surface area contributed by atoms with Crippen molar-refractivity contribution in [3.63, 3.8) is 0 Å². The van der Waals surface area contributed by atoms with E-state index in [4.69, 9.17) is 20.4 Å². The maximum Gasteiger partial charge on any atom is 0.182 e. The van der Waals surface area contributed by atoms with Crippen LogP contribution >= 0.6 is 27.3 Å². The molecule has 3 aliphatic rings. The Morgan fingerprint density at radius 1 is 1.24 bits per heavy atom. The highest BCUT2D eigenvalue weighted by Crippen LogP contribution is 2.34. The van der Waals surface area contributed by atoms with Crippen LogP contribution in [0.4, 0.5) is 10.9 Å². The quantitative estimate of drug-likeness (QED) is 0.647. The van der Waals surface area contributed by atoms with Crippen LogP contribution in [-0.4, -0.2) is 60.2 Å². The van der Waals surface area contributed by atoms with Gasteiger partial charge in [0.2, 0.25) is 0 Å². The largest absolute Gasteiger partial charge is 0.492 e. The van der Waals surface area contributed by atoms with E-state index in [0.29, 0.717) is 30.1 Å². The molecular formula is C23H28BrN7OS. The number of aromatic nitrogens is 3. The second-order valence-electron chi connectivity index (χ2n) is 8.94. The lowest BCUT2D eigenvalue weighted by Crippen LogP contribution is -2.32. The summed E-state index contributed by atoms with van der Waals surface area (Å²) in [6.45, 7) is 5.62. The Morgan fingerprint density at radius 3 is 2.91 bits per heavy atom. The van der Waals surface area contributed by atoms with Crippen LogP contribution in [0.1, 0.15) is 17.9 Å². The Kier molecular flexibility index (Phi) is 6.24. The van der Waals surface area contributed by atoms with Crippen molar-refractivity contribution in [2.75, 3.05) is 51.0 Å². The predicted octanol–water partition coefficient (Wildman–Crippen LogP) is 2.04. The number of anilines is 2. The lowest BCUT2D eigenvalue weighted by atomic mass is 9.83. The minimum absolute atomic E-state index is 0.306. The van der Waals surface area contributed by atoms with Gasteiger partial charge >= 0.3 is 0 Å². The summed E-state index contributed by atoms with van der Waals surface area (Å²) in [5.41, 5.74) is 8.04. The average molecular weight is 530 g/mol. The highest BCUT2D eigenvalue weighted by molar-refractivity contribution is 9.10. The molecule has 1 saturated heterocycles. The zero-order valence-corrected chi connectivity index (χ0v) is 21.5. The summed E-state index contributed by atoms with van der Waals surface area (Å²) in [7, 11) is 4.06. The van der Waals surface area contributed by atoms with Gasteiger partial charge in [-0.15, -0.1) is 0 Å². The lowest BCUT2D eigenvalue weighted by molar-refractivity contribution is 0.231. The van der Waals surface area contributed by atoms with Gasteiger partial charge in [0, 0.05) is 24.6 Å². The molecule has 0 amide bonds. The van der Waals surface area contributed by atoms with Gasteiger partial charge in [0.15, 0.2) is 5.13 Å². The standard InChI is InChI=1S/C23H28BrN7OS/c1-13-20(24)21(29-19(27-13)12-30(2)3)31-6-7-32-18-5-4-14(8-16(18)11-31)15-9-17-22(26-10-15)33-23(25)28-17/h5,8-9,14-15H,4,6-7,10-12H2,1-3H3,(H2,25,28). The summed E-state index contributed by atoms with van der Waals surface area (Å²) in [5.74, 6) is 3.40. The maximum absolute atomic E-state index is 6.14. The van der Waals surface area contributed by atoms with Crippen LogP contribution in [-0.2, 0) is 11.3 Å². The van der Waals surface area contributed by atoms with Gasteiger partial charge in [-0.3, -0.25) is 4.99 Å². The fourth-order valence-corrected chi connectivity index (χ4v) is 5.65. The summed E-state index contributed by atoms with van der Waals surface area (Å²) >= 11 is 5.19. The molecule has 0 aromatic carbocycles. The molecule has 1 aliphatic carbocycles. The van der Waals surface area contributed by atoms with Crippen LogP contribution in [0.2, 0.25) is 0 Å². The number of nitrogen functional groups attached to an aromatic ring is 1. The normalized spacial score (nSPS) is 22.3. The number of hydrogen-bond donors (Lipinski definition) is 1. The van der Waals surface area contributed by atoms with E-state index in [0.717, 1.165) is 63.6 Å². The molecular weight excluding hydrogens is 502 g/mol. The summed E-state index contributed by atoms with van der Waals surface area (Å²) in [5, 5.41) is 1.51. The Labute approximate surface area is 205 Å². The highest BCUT2D eigenvalue weighted by atomic mass is 79.9. The Hall–Kier alpha value is -2.30. The second-order valence-corrected chi connectivity index (χ2v) is 10.7. The number of nitrogens with zero attached hydrogens (tertiary/aromatic N) is 6. The molecule has 0 bridgehead atoms. The number of allylic oxidation sites excluding steroid dienone is 2. The summed E-state index contributed by atoms with van der Waals surface area (Å²) in [4.78, 5) is 23.1. The van der Waals surface area contributed by atoms with Crippen molar-refractivity contribution in [3.8, 4) is 0 Å². The van der Waals surface area contributed by atoms with E-state index in [1.165, 1.54) is 16.9 Å². The number of aryl methyl sites for hydroxylation is 1. The molecule has 2 unspecified atom stereocenters. The van der Waals surface area contributed by atoms with E-state index < -0.39 is 0 Å². The third-order valence-corrected chi connectivity index (χ3v) is 7.87. The van der Waals surface area contributed by atoms with Crippen LogP contribution < -0.4 is 20.7 Å². The Balaban J connectivity index is 1.42. The SMILES string of the molecule is Cc1nc(CN(C)C)nc(N2CCOC3=CCC(C4C=c5nc(N)sc5=NC4)C=C3C2)c1Br. The molecule has 2 aromatic heterocycles. The van der Waals surface area contributed by atoms with Crippen molar-refractivity contribution < 1.29 is 4.74 Å². The van der Waals surface area contributed by atoms with Crippen molar-refractivity contribution >= 4 is 44.3 Å². The summed E-state index contributed by atoms with van der Waals surface area (Å²) in [6, 6.07) is 0. The van der Waals surface area contributed by atoms with Gasteiger partial charge in [-0.2, -0.15) is 0 Å². The molecule has 10 heteroatoms. The van der Waals surface area contributed by atoms with E-state index in [9.17, 15) is 0 Å². The zero-order valence-electron chi connectivity index (χ0n) is 19.1. The zero-order chi connectivity index (χ0) is 23.1. The molecule has 2 N–H and O–H groups in total. The fraction of sp³-hybridized carbons (Fsp3) is 0.478. The van der Waals surface area contributed by atoms with Crippen LogP contribution in [0.15, 0.2) is 32.9 Å². The molecule has 4 heterocycles. The van der Waals surface area contributed by atoms with E-state index >= 15 is 0 Å². The Morgan fingerprint density at radius 2 is 2.09 bits per heavy atom. The maximum atomic E-state index is 6.14. The molecule has 0 radical (unpaired) electrons. The topological polar surface area (TPSA) is 92.8 Å². The molecule has 33 heavy (non-hydrogen) atoms. The summed E-state index contributed by atoms with van der Waals surface area (Å²) in [6.07, 6.45) is 7.78. The molecule has 8 nitrogen and oxygen atoms in total. The molecule has 2 atom stereocenters. The number of rotatable bonds is 4. The lowest BCUT2D eigenvalue weighted by Gasteiger charge is -2.27. The Bertz CT molecular complexity index is 1250. The number of ether oxygens (including phenoxy) is 1. The molecule has 5 rings (SSSR count). The first-order valence-electron chi connectivity index (χ1n) is 11.1. The second kappa shape index (κ2) is 9.15. The number of fused-ring (bicyclic) bond motifs is 2. The van der Waals surface area contributed by atoms with Crippen molar-refractivity contribution in [1.82, 2.24) is 19.9 Å². The number of hydrogen-bond acceptors (Lipinski definition) is 9. The molecule has 2 aliphatic heterocycles. The average Bonchev–Trinajstić information content (AvgIpc) is 3.01. The molecule has 0 saturated carbocycles. The van der Waals surface area contributed by atoms with Gasteiger partial charge in [-0.25, -0.2) is 15.0 Å². The minimum Gasteiger partial charge on any atom is -0.492 e. The van der Waals surface area contributed by atoms with E-state index in [-0.39, 0.29) is 0 Å². The van der Waals surface area contributed by atoms with Gasteiger partial charge in [-0.05, 0) is 61.4 Å². The van der Waals surface area contributed by atoms with E-state index in [1.54, 1.807) is 0 Å². The van der Waals surface area contributed by atoms with Crippen LogP contribution in [0.3, 0.4) is 0 Å². The van der Waals surface area contributed by atoms with Gasteiger partial charge < -0.3 is 20.3 Å². The van der Waals surface area contributed by atoms with Gasteiger partial charge in [0.05, 0.1) is 28.6 Å². The smallest absolute Gasteiger partial charge is 0.182 e. The van der Waals surface area contributed by atoms with E-state index in [2.05, 4.69) is 53.9 Å². The number of halogens is 1. The van der Waals surface area contributed by atoms with Crippen molar-refractivity contribution in [1.29, 1.82) is 0 Å². The molecule has 1 fully saturated rings.